The Bertz CT molecular complexity index is 842. The molecule has 0 amide bonds. The monoisotopic (exact) mass is 628 g/mol. The standard InChI is InChI=1S/C34H60O10/c1-3-5-7-9-11-13-15-17-19-21-23-25-27(35)42-33(40)34(41,31-29(37)30(38)32(39)43-31)44-28(36)26-24-22-20-18-16-14-12-10-8-6-4-2/h31,33,37-38,40-41H,3-26H2,1-2H3/t31-,33?,34-/m0/s1. The SMILES string of the molecule is CCCCCCCCCCCCCC(=O)OC(O)[C@@](O)(OC(=O)CCCCCCCCCCCCC)[C@H]1OC(=O)C(O)=C1O. The molecule has 0 radical (unpaired) electrons. The summed E-state index contributed by atoms with van der Waals surface area (Å²) in [7, 11) is 0. The Morgan fingerprint density at radius 2 is 1.05 bits per heavy atom. The second-order valence-corrected chi connectivity index (χ2v) is 12.2. The van der Waals surface area contributed by atoms with Crippen LogP contribution in [0.5, 0.6) is 0 Å². The lowest BCUT2D eigenvalue weighted by Gasteiger charge is -2.34. The Labute approximate surface area is 264 Å². The van der Waals surface area contributed by atoms with Crippen molar-refractivity contribution in [2.24, 2.45) is 0 Å². The highest BCUT2D eigenvalue weighted by Gasteiger charge is 2.58. The third-order valence-electron chi connectivity index (χ3n) is 8.13. The van der Waals surface area contributed by atoms with E-state index < -0.39 is 47.6 Å². The van der Waals surface area contributed by atoms with E-state index in [1.807, 2.05) is 0 Å². The number of hydrogen-bond donors (Lipinski definition) is 4. The summed E-state index contributed by atoms with van der Waals surface area (Å²) in [6.45, 7) is 4.40. The Morgan fingerprint density at radius 3 is 1.41 bits per heavy atom. The average molecular weight is 629 g/mol. The molecule has 44 heavy (non-hydrogen) atoms. The van der Waals surface area contributed by atoms with Crippen molar-refractivity contribution < 1.29 is 49.0 Å². The highest BCUT2D eigenvalue weighted by atomic mass is 16.7. The van der Waals surface area contributed by atoms with Gasteiger partial charge in [-0.3, -0.25) is 9.59 Å². The van der Waals surface area contributed by atoms with E-state index >= 15 is 0 Å². The third kappa shape index (κ3) is 16.1. The van der Waals surface area contributed by atoms with E-state index in [0.29, 0.717) is 12.8 Å². The van der Waals surface area contributed by atoms with E-state index in [1.54, 1.807) is 0 Å². The fraction of sp³-hybridized carbons (Fsp3) is 0.853. The molecule has 0 spiro atoms. The Balaban J connectivity index is 2.46. The summed E-state index contributed by atoms with van der Waals surface area (Å²) in [4.78, 5) is 36.7. The van der Waals surface area contributed by atoms with Crippen molar-refractivity contribution in [2.45, 2.75) is 186 Å². The molecule has 4 N–H and O–H groups in total. The zero-order valence-corrected chi connectivity index (χ0v) is 27.4. The van der Waals surface area contributed by atoms with Crippen LogP contribution in [0.4, 0.5) is 0 Å². The van der Waals surface area contributed by atoms with Gasteiger partial charge >= 0.3 is 23.7 Å². The van der Waals surface area contributed by atoms with E-state index in [2.05, 4.69) is 13.8 Å². The zero-order valence-electron chi connectivity index (χ0n) is 27.4. The lowest BCUT2D eigenvalue weighted by molar-refractivity contribution is -0.330. The molecule has 1 aliphatic rings. The molecule has 0 saturated carbocycles. The molecule has 3 atom stereocenters. The van der Waals surface area contributed by atoms with Crippen molar-refractivity contribution in [3.8, 4) is 0 Å². The van der Waals surface area contributed by atoms with Gasteiger partial charge in [0.25, 0.3) is 6.29 Å². The van der Waals surface area contributed by atoms with Crippen LogP contribution in [0.2, 0.25) is 0 Å². The van der Waals surface area contributed by atoms with E-state index in [1.165, 1.54) is 77.0 Å². The van der Waals surface area contributed by atoms with Crippen LogP contribution in [-0.2, 0) is 28.6 Å². The Morgan fingerprint density at radius 1 is 0.682 bits per heavy atom. The summed E-state index contributed by atoms with van der Waals surface area (Å²) in [5, 5.41) is 41.5. The molecule has 0 saturated heterocycles. The lowest BCUT2D eigenvalue weighted by Crippen LogP contribution is -2.57. The molecule has 0 bridgehead atoms. The van der Waals surface area contributed by atoms with Crippen LogP contribution in [0.25, 0.3) is 0 Å². The molecule has 256 valence electrons. The number of unbranched alkanes of at least 4 members (excludes halogenated alkanes) is 20. The van der Waals surface area contributed by atoms with Gasteiger partial charge in [-0.15, -0.1) is 0 Å². The van der Waals surface area contributed by atoms with Gasteiger partial charge in [0.2, 0.25) is 11.9 Å². The van der Waals surface area contributed by atoms with Gasteiger partial charge in [0.05, 0.1) is 0 Å². The molecule has 10 nitrogen and oxygen atoms in total. The molecule has 0 aromatic heterocycles. The fourth-order valence-corrected chi connectivity index (χ4v) is 5.33. The minimum atomic E-state index is -3.15. The highest BCUT2D eigenvalue weighted by molar-refractivity contribution is 5.89. The number of ether oxygens (including phenoxy) is 3. The van der Waals surface area contributed by atoms with Crippen LogP contribution in [0.15, 0.2) is 11.5 Å². The Hall–Kier alpha value is -2.33. The van der Waals surface area contributed by atoms with E-state index in [-0.39, 0.29) is 12.8 Å². The molecule has 1 rings (SSSR count). The van der Waals surface area contributed by atoms with Crippen molar-refractivity contribution in [2.75, 3.05) is 0 Å². The van der Waals surface area contributed by atoms with Crippen LogP contribution in [-0.4, -0.2) is 56.5 Å². The predicted octanol–water partition coefficient (Wildman–Crippen LogP) is 7.74. The van der Waals surface area contributed by atoms with Gasteiger partial charge in [-0.1, -0.05) is 142 Å². The quantitative estimate of drug-likeness (QED) is 0.0292. The minimum Gasteiger partial charge on any atom is -0.505 e. The maximum Gasteiger partial charge on any atom is 0.378 e. The molecule has 1 unspecified atom stereocenters. The van der Waals surface area contributed by atoms with Crippen LogP contribution in [0.1, 0.15) is 168 Å². The molecule has 1 aliphatic heterocycles. The molecule has 1 heterocycles. The molecule has 0 aliphatic carbocycles. The van der Waals surface area contributed by atoms with Crippen LogP contribution in [0.3, 0.4) is 0 Å². The molecular weight excluding hydrogens is 568 g/mol. The maximum atomic E-state index is 12.6. The first-order valence-electron chi connectivity index (χ1n) is 17.3. The van der Waals surface area contributed by atoms with Crippen molar-refractivity contribution in [3.05, 3.63) is 11.5 Å². The number of hydrogen-bond acceptors (Lipinski definition) is 10. The second-order valence-electron chi connectivity index (χ2n) is 12.2. The second kappa shape index (κ2) is 24.0. The van der Waals surface area contributed by atoms with Crippen LogP contribution >= 0.6 is 0 Å². The molecule has 10 heteroatoms. The number of aliphatic hydroxyl groups is 4. The van der Waals surface area contributed by atoms with Crippen molar-refractivity contribution >= 4 is 17.9 Å². The summed E-state index contributed by atoms with van der Waals surface area (Å²) >= 11 is 0. The first-order valence-corrected chi connectivity index (χ1v) is 17.3. The van der Waals surface area contributed by atoms with Gasteiger partial charge in [0.15, 0.2) is 5.76 Å². The lowest BCUT2D eigenvalue weighted by atomic mass is 10.0. The van der Waals surface area contributed by atoms with Gasteiger partial charge in [-0.25, -0.2) is 4.79 Å². The highest BCUT2D eigenvalue weighted by Crippen LogP contribution is 2.33. The number of esters is 3. The average Bonchev–Trinajstić information content (AvgIpc) is 3.26. The summed E-state index contributed by atoms with van der Waals surface area (Å²) in [5.41, 5.74) is 0. The fourth-order valence-electron chi connectivity index (χ4n) is 5.33. The van der Waals surface area contributed by atoms with Gasteiger partial charge in [-0.05, 0) is 12.8 Å². The predicted molar refractivity (Wildman–Crippen MR) is 167 cm³/mol. The smallest absolute Gasteiger partial charge is 0.378 e. The summed E-state index contributed by atoms with van der Waals surface area (Å²) in [5.74, 6) is -8.67. The minimum absolute atomic E-state index is 0.0473. The van der Waals surface area contributed by atoms with Crippen molar-refractivity contribution in [1.29, 1.82) is 0 Å². The largest absolute Gasteiger partial charge is 0.505 e. The summed E-state index contributed by atoms with van der Waals surface area (Å²) < 4.78 is 14.7. The molecular formula is C34H60O10. The van der Waals surface area contributed by atoms with Crippen LogP contribution < -0.4 is 0 Å². The van der Waals surface area contributed by atoms with Crippen LogP contribution in [0, 0.1) is 0 Å². The number of aliphatic hydroxyl groups excluding tert-OH is 3. The number of carbonyl (C=O) groups excluding carboxylic acids is 3. The molecule has 0 aromatic rings. The third-order valence-corrected chi connectivity index (χ3v) is 8.13. The Kier molecular flexibility index (Phi) is 21.6. The van der Waals surface area contributed by atoms with Gasteiger partial charge in [0.1, 0.15) is 0 Å². The summed E-state index contributed by atoms with van der Waals surface area (Å²) in [6.07, 6.45) is 19.0. The van der Waals surface area contributed by atoms with Gasteiger partial charge < -0.3 is 34.6 Å². The first-order chi connectivity index (χ1) is 21.2. The first kappa shape index (κ1) is 39.7. The van der Waals surface area contributed by atoms with Gasteiger partial charge in [-0.2, -0.15) is 0 Å². The van der Waals surface area contributed by atoms with E-state index in [9.17, 15) is 34.8 Å². The van der Waals surface area contributed by atoms with E-state index in [0.717, 1.165) is 51.4 Å². The number of cyclic esters (lactones) is 1. The normalized spacial score (nSPS) is 16.9. The molecule has 0 fully saturated rings. The molecule has 0 aromatic carbocycles. The van der Waals surface area contributed by atoms with Gasteiger partial charge in [0, 0.05) is 12.8 Å². The number of rotatable bonds is 28. The topological polar surface area (TPSA) is 160 Å². The van der Waals surface area contributed by atoms with E-state index in [4.69, 9.17) is 14.2 Å². The number of carbonyl (C=O) groups is 3. The maximum absolute atomic E-state index is 12.6. The van der Waals surface area contributed by atoms with Crippen molar-refractivity contribution in [3.63, 3.8) is 0 Å². The summed E-state index contributed by atoms with van der Waals surface area (Å²) in [6, 6.07) is 0. The zero-order chi connectivity index (χ0) is 32.6. The van der Waals surface area contributed by atoms with Crippen molar-refractivity contribution in [1.82, 2.24) is 0 Å².